The summed E-state index contributed by atoms with van der Waals surface area (Å²) >= 11 is 6.16. The van der Waals surface area contributed by atoms with E-state index in [-0.39, 0.29) is 12.6 Å². The van der Waals surface area contributed by atoms with Crippen molar-refractivity contribution in [3.63, 3.8) is 0 Å². The molecule has 0 radical (unpaired) electrons. The van der Waals surface area contributed by atoms with E-state index >= 15 is 0 Å². The molecule has 2 rings (SSSR count). The standard InChI is InChI=1S/C12H16ClNO3S/c1-18(15,16)17-9-10-5-4-8-14(10)12-7-3-2-6-11(12)13/h2-3,6-7,10H,4-5,8-9H2,1H3/t10-/m0/s1. The smallest absolute Gasteiger partial charge is 0.264 e. The summed E-state index contributed by atoms with van der Waals surface area (Å²) in [6.45, 7) is 1.06. The Morgan fingerprint density at radius 2 is 2.17 bits per heavy atom. The van der Waals surface area contributed by atoms with Crippen molar-refractivity contribution in [3.05, 3.63) is 29.3 Å². The monoisotopic (exact) mass is 289 g/mol. The van der Waals surface area contributed by atoms with Gasteiger partial charge in [-0.2, -0.15) is 8.42 Å². The van der Waals surface area contributed by atoms with Gasteiger partial charge in [-0.1, -0.05) is 23.7 Å². The van der Waals surface area contributed by atoms with E-state index < -0.39 is 10.1 Å². The first-order valence-corrected chi connectivity index (χ1v) is 8.02. The van der Waals surface area contributed by atoms with Gasteiger partial charge >= 0.3 is 0 Å². The largest absolute Gasteiger partial charge is 0.365 e. The van der Waals surface area contributed by atoms with Crippen LogP contribution in [0.5, 0.6) is 0 Å². The molecule has 6 heteroatoms. The quantitative estimate of drug-likeness (QED) is 0.798. The van der Waals surface area contributed by atoms with Crippen molar-refractivity contribution < 1.29 is 12.6 Å². The van der Waals surface area contributed by atoms with E-state index in [4.69, 9.17) is 15.8 Å². The predicted molar refractivity (Wildman–Crippen MR) is 72.6 cm³/mol. The fourth-order valence-electron chi connectivity index (χ4n) is 2.21. The lowest BCUT2D eigenvalue weighted by Crippen LogP contribution is -2.34. The molecule has 0 bridgehead atoms. The highest BCUT2D eigenvalue weighted by atomic mass is 35.5. The first kappa shape index (κ1) is 13.6. The molecule has 1 aliphatic rings. The van der Waals surface area contributed by atoms with Gasteiger partial charge in [0.15, 0.2) is 0 Å². The van der Waals surface area contributed by atoms with Gasteiger partial charge in [-0.25, -0.2) is 0 Å². The van der Waals surface area contributed by atoms with Crippen molar-refractivity contribution in [2.75, 3.05) is 24.3 Å². The molecule has 0 spiro atoms. The third-order valence-corrected chi connectivity index (χ3v) is 3.90. The fraction of sp³-hybridized carbons (Fsp3) is 0.500. The molecule has 0 saturated carbocycles. The van der Waals surface area contributed by atoms with Gasteiger partial charge in [-0.3, -0.25) is 4.18 Å². The Morgan fingerprint density at radius 1 is 1.44 bits per heavy atom. The van der Waals surface area contributed by atoms with Crippen LogP contribution in [0, 0.1) is 0 Å². The van der Waals surface area contributed by atoms with Crippen molar-refractivity contribution in [1.29, 1.82) is 0 Å². The van der Waals surface area contributed by atoms with Crippen molar-refractivity contribution in [2.45, 2.75) is 18.9 Å². The molecule has 18 heavy (non-hydrogen) atoms. The average Bonchev–Trinajstić information content (AvgIpc) is 2.74. The molecule has 1 atom stereocenters. The second-order valence-corrected chi connectivity index (χ2v) is 6.48. The molecule has 0 aromatic heterocycles. The van der Waals surface area contributed by atoms with Crippen molar-refractivity contribution in [2.24, 2.45) is 0 Å². The van der Waals surface area contributed by atoms with Crippen LogP contribution >= 0.6 is 11.6 Å². The summed E-state index contributed by atoms with van der Waals surface area (Å²) < 4.78 is 27.0. The van der Waals surface area contributed by atoms with Gasteiger partial charge in [0.2, 0.25) is 0 Å². The molecule has 100 valence electrons. The van der Waals surface area contributed by atoms with E-state index in [0.717, 1.165) is 31.3 Å². The number of para-hydroxylation sites is 1. The second-order valence-electron chi connectivity index (χ2n) is 4.43. The highest BCUT2D eigenvalue weighted by Crippen LogP contribution is 2.31. The molecule has 1 fully saturated rings. The van der Waals surface area contributed by atoms with Crippen LogP contribution in [-0.4, -0.2) is 33.9 Å². The van der Waals surface area contributed by atoms with Gasteiger partial charge in [0.1, 0.15) is 0 Å². The van der Waals surface area contributed by atoms with Crippen LogP contribution in [0.4, 0.5) is 5.69 Å². The van der Waals surface area contributed by atoms with Crippen LogP contribution in [0.15, 0.2) is 24.3 Å². The Kier molecular flexibility index (Phi) is 4.14. The van der Waals surface area contributed by atoms with Crippen molar-refractivity contribution in [1.82, 2.24) is 0 Å². The van der Waals surface area contributed by atoms with E-state index in [0.29, 0.717) is 5.02 Å². The molecule has 4 nitrogen and oxygen atoms in total. The first-order valence-electron chi connectivity index (χ1n) is 5.83. The van der Waals surface area contributed by atoms with Crippen LogP contribution in [0.2, 0.25) is 5.02 Å². The molecule has 1 heterocycles. The van der Waals surface area contributed by atoms with Gasteiger partial charge in [-0.05, 0) is 25.0 Å². The van der Waals surface area contributed by atoms with Gasteiger partial charge in [0.05, 0.1) is 29.6 Å². The van der Waals surface area contributed by atoms with E-state index in [1.807, 2.05) is 24.3 Å². The summed E-state index contributed by atoms with van der Waals surface area (Å²) in [5.74, 6) is 0. The number of halogens is 1. The van der Waals surface area contributed by atoms with E-state index in [2.05, 4.69) is 4.90 Å². The maximum Gasteiger partial charge on any atom is 0.264 e. The Bertz CT molecular complexity index is 518. The third kappa shape index (κ3) is 3.37. The summed E-state index contributed by atoms with van der Waals surface area (Å²) in [4.78, 5) is 2.12. The maximum absolute atomic E-state index is 11.0. The number of hydrogen-bond donors (Lipinski definition) is 0. The van der Waals surface area contributed by atoms with Gasteiger partial charge in [0.25, 0.3) is 10.1 Å². The van der Waals surface area contributed by atoms with Gasteiger partial charge < -0.3 is 4.90 Å². The Morgan fingerprint density at radius 3 is 2.83 bits per heavy atom. The number of nitrogens with zero attached hydrogens (tertiary/aromatic N) is 1. The SMILES string of the molecule is CS(=O)(=O)OC[C@@H]1CCCN1c1ccccc1Cl. The molecule has 0 aliphatic carbocycles. The molecular weight excluding hydrogens is 274 g/mol. The minimum absolute atomic E-state index is 0.0691. The first-order chi connectivity index (χ1) is 8.47. The van der Waals surface area contributed by atoms with E-state index in [1.165, 1.54) is 0 Å². The molecule has 0 amide bonds. The van der Waals surface area contributed by atoms with Crippen molar-refractivity contribution >= 4 is 27.4 Å². The van der Waals surface area contributed by atoms with Crippen LogP contribution in [0.1, 0.15) is 12.8 Å². The zero-order valence-corrected chi connectivity index (χ0v) is 11.7. The van der Waals surface area contributed by atoms with Crippen molar-refractivity contribution in [3.8, 4) is 0 Å². The lowest BCUT2D eigenvalue weighted by Gasteiger charge is -2.27. The van der Waals surface area contributed by atoms with E-state index in [1.54, 1.807) is 0 Å². The molecule has 1 saturated heterocycles. The van der Waals surface area contributed by atoms with Gasteiger partial charge in [-0.15, -0.1) is 0 Å². The lowest BCUT2D eigenvalue weighted by atomic mass is 10.2. The number of anilines is 1. The maximum atomic E-state index is 11.0. The molecular formula is C12H16ClNO3S. The fourth-order valence-corrected chi connectivity index (χ4v) is 2.86. The van der Waals surface area contributed by atoms with Crippen LogP contribution in [-0.2, 0) is 14.3 Å². The van der Waals surface area contributed by atoms with Crippen LogP contribution in [0.25, 0.3) is 0 Å². The predicted octanol–water partition coefficient (Wildman–Crippen LogP) is 2.29. The Hall–Kier alpha value is -0.780. The molecule has 1 aromatic carbocycles. The number of rotatable bonds is 4. The summed E-state index contributed by atoms with van der Waals surface area (Å²) in [5.41, 5.74) is 0.943. The summed E-state index contributed by atoms with van der Waals surface area (Å²) in [7, 11) is -3.39. The third-order valence-electron chi connectivity index (χ3n) is 3.01. The zero-order valence-electron chi connectivity index (χ0n) is 10.2. The molecule has 0 N–H and O–H groups in total. The summed E-state index contributed by atoms with van der Waals surface area (Å²) in [5, 5.41) is 0.684. The van der Waals surface area contributed by atoms with Crippen LogP contribution in [0.3, 0.4) is 0 Å². The minimum Gasteiger partial charge on any atom is -0.365 e. The Balaban J connectivity index is 2.11. The highest BCUT2D eigenvalue weighted by molar-refractivity contribution is 7.85. The normalized spacial score (nSPS) is 20.3. The summed E-state index contributed by atoms with van der Waals surface area (Å²) in [6.07, 6.45) is 3.01. The number of hydrogen-bond acceptors (Lipinski definition) is 4. The van der Waals surface area contributed by atoms with Gasteiger partial charge in [0, 0.05) is 6.54 Å². The summed E-state index contributed by atoms with van der Waals surface area (Å²) in [6, 6.07) is 7.66. The zero-order chi connectivity index (χ0) is 13.2. The molecule has 0 unspecified atom stereocenters. The number of benzene rings is 1. The second kappa shape index (κ2) is 5.47. The van der Waals surface area contributed by atoms with E-state index in [9.17, 15) is 8.42 Å². The Labute approximate surface area is 113 Å². The minimum atomic E-state index is -3.39. The topological polar surface area (TPSA) is 46.6 Å². The lowest BCUT2D eigenvalue weighted by molar-refractivity contribution is 0.295. The molecule has 1 aromatic rings. The van der Waals surface area contributed by atoms with Crippen LogP contribution < -0.4 is 4.90 Å². The highest BCUT2D eigenvalue weighted by Gasteiger charge is 2.27. The average molecular weight is 290 g/mol. The molecule has 1 aliphatic heterocycles.